The van der Waals surface area contributed by atoms with Crippen molar-refractivity contribution in [2.75, 3.05) is 17.7 Å². The first-order valence-corrected chi connectivity index (χ1v) is 5.36. The largest absolute Gasteiger partial charge is 0.508 e. The number of hydrogen-bond donors (Lipinski definition) is 2. The maximum atomic E-state index is 12.2. The Labute approximate surface area is 104 Å². The Morgan fingerprint density at radius 1 is 1.28 bits per heavy atom. The number of benzene rings is 1. The zero-order valence-corrected chi connectivity index (χ0v) is 9.87. The number of nitrogen functional groups attached to an aromatic ring is 1. The van der Waals surface area contributed by atoms with E-state index in [2.05, 4.69) is 4.98 Å². The first-order valence-electron chi connectivity index (χ1n) is 5.36. The monoisotopic (exact) mass is 243 g/mol. The van der Waals surface area contributed by atoms with Crippen LogP contribution in [0.4, 0.5) is 11.4 Å². The highest BCUT2D eigenvalue weighted by atomic mass is 16.3. The molecule has 0 bridgehead atoms. The molecule has 0 atom stereocenters. The van der Waals surface area contributed by atoms with Crippen LogP contribution >= 0.6 is 0 Å². The van der Waals surface area contributed by atoms with Crippen LogP contribution in [0.3, 0.4) is 0 Å². The van der Waals surface area contributed by atoms with E-state index in [9.17, 15) is 9.90 Å². The second-order valence-corrected chi connectivity index (χ2v) is 3.85. The molecule has 1 aromatic carbocycles. The van der Waals surface area contributed by atoms with E-state index < -0.39 is 0 Å². The summed E-state index contributed by atoms with van der Waals surface area (Å²) < 4.78 is 0. The lowest BCUT2D eigenvalue weighted by atomic mass is 10.2. The third kappa shape index (κ3) is 2.24. The van der Waals surface area contributed by atoms with Crippen molar-refractivity contribution < 1.29 is 9.90 Å². The number of amides is 1. The molecule has 2 rings (SSSR count). The maximum absolute atomic E-state index is 12.2. The first-order chi connectivity index (χ1) is 8.59. The Bertz CT molecular complexity index is 567. The standard InChI is InChI=1S/C13H13N3O2/c1-16(12-6-7-15-8-11(12)14)13(18)9-2-4-10(17)5-3-9/h2-8,17H,14H2,1H3. The zero-order chi connectivity index (χ0) is 13.1. The minimum Gasteiger partial charge on any atom is -0.508 e. The van der Waals surface area contributed by atoms with Crippen LogP contribution in [0.5, 0.6) is 5.75 Å². The Morgan fingerprint density at radius 3 is 2.56 bits per heavy atom. The van der Waals surface area contributed by atoms with E-state index in [0.29, 0.717) is 16.9 Å². The van der Waals surface area contributed by atoms with E-state index in [1.54, 1.807) is 31.4 Å². The second-order valence-electron chi connectivity index (χ2n) is 3.85. The van der Waals surface area contributed by atoms with Crippen LogP contribution in [0.1, 0.15) is 10.4 Å². The molecule has 2 aromatic rings. The van der Waals surface area contributed by atoms with Gasteiger partial charge in [0.25, 0.3) is 5.91 Å². The molecule has 5 heteroatoms. The maximum Gasteiger partial charge on any atom is 0.258 e. The zero-order valence-electron chi connectivity index (χ0n) is 9.87. The molecule has 0 fully saturated rings. The van der Waals surface area contributed by atoms with Gasteiger partial charge in [0, 0.05) is 18.8 Å². The van der Waals surface area contributed by atoms with Crippen LogP contribution in [0.25, 0.3) is 0 Å². The molecule has 0 saturated carbocycles. The minimum absolute atomic E-state index is 0.123. The van der Waals surface area contributed by atoms with E-state index in [0.717, 1.165) is 0 Å². The van der Waals surface area contributed by atoms with Crippen molar-refractivity contribution in [3.63, 3.8) is 0 Å². The van der Waals surface area contributed by atoms with Crippen molar-refractivity contribution in [3.8, 4) is 5.75 Å². The fraction of sp³-hybridized carbons (Fsp3) is 0.0769. The molecule has 0 saturated heterocycles. The molecule has 0 spiro atoms. The normalized spacial score (nSPS) is 10.1. The van der Waals surface area contributed by atoms with E-state index in [-0.39, 0.29) is 11.7 Å². The molecule has 0 unspecified atom stereocenters. The molecular formula is C13H13N3O2. The molecule has 18 heavy (non-hydrogen) atoms. The number of nitrogens with zero attached hydrogens (tertiary/aromatic N) is 2. The lowest BCUT2D eigenvalue weighted by Gasteiger charge is -2.18. The van der Waals surface area contributed by atoms with Gasteiger partial charge in [0.15, 0.2) is 0 Å². The van der Waals surface area contributed by atoms with Crippen molar-refractivity contribution >= 4 is 17.3 Å². The van der Waals surface area contributed by atoms with E-state index in [1.807, 2.05) is 0 Å². The Kier molecular flexibility index (Phi) is 3.14. The van der Waals surface area contributed by atoms with Gasteiger partial charge in [-0.25, -0.2) is 0 Å². The molecule has 92 valence electrons. The summed E-state index contributed by atoms with van der Waals surface area (Å²) in [7, 11) is 1.64. The van der Waals surface area contributed by atoms with Crippen LogP contribution < -0.4 is 10.6 Å². The molecule has 0 radical (unpaired) electrons. The van der Waals surface area contributed by atoms with Gasteiger partial charge in [-0.1, -0.05) is 0 Å². The molecule has 3 N–H and O–H groups in total. The average molecular weight is 243 g/mol. The van der Waals surface area contributed by atoms with Crippen LogP contribution in [-0.2, 0) is 0 Å². The van der Waals surface area contributed by atoms with Crippen molar-refractivity contribution in [1.82, 2.24) is 4.98 Å². The third-order valence-corrected chi connectivity index (χ3v) is 2.61. The summed E-state index contributed by atoms with van der Waals surface area (Å²) in [4.78, 5) is 17.5. The Hall–Kier alpha value is -2.56. The first kappa shape index (κ1) is 11.9. The number of rotatable bonds is 2. The molecule has 5 nitrogen and oxygen atoms in total. The molecule has 0 aliphatic carbocycles. The molecule has 1 amide bonds. The predicted molar refractivity (Wildman–Crippen MR) is 69.5 cm³/mol. The molecular weight excluding hydrogens is 230 g/mol. The number of phenols is 1. The summed E-state index contributed by atoms with van der Waals surface area (Å²) in [5.41, 5.74) is 7.28. The lowest BCUT2D eigenvalue weighted by molar-refractivity contribution is 0.0993. The van der Waals surface area contributed by atoms with Gasteiger partial charge in [0.2, 0.25) is 0 Å². The topological polar surface area (TPSA) is 79.5 Å². The molecule has 0 aliphatic rings. The van der Waals surface area contributed by atoms with Crippen LogP contribution in [-0.4, -0.2) is 23.0 Å². The number of pyridine rings is 1. The number of nitrogens with two attached hydrogens (primary N) is 1. The van der Waals surface area contributed by atoms with Crippen LogP contribution in [0, 0.1) is 0 Å². The molecule has 1 heterocycles. The van der Waals surface area contributed by atoms with E-state index in [4.69, 9.17) is 5.73 Å². The summed E-state index contributed by atoms with van der Waals surface area (Å²) in [5, 5.41) is 9.19. The number of phenolic OH excluding ortho intramolecular Hbond substituents is 1. The van der Waals surface area contributed by atoms with Gasteiger partial charge in [0.05, 0.1) is 17.6 Å². The number of carbonyl (C=O) groups excluding carboxylic acids is 1. The summed E-state index contributed by atoms with van der Waals surface area (Å²) in [6.07, 6.45) is 3.07. The van der Waals surface area contributed by atoms with Crippen molar-refractivity contribution in [3.05, 3.63) is 48.3 Å². The van der Waals surface area contributed by atoms with Gasteiger partial charge in [0.1, 0.15) is 5.75 Å². The number of aromatic hydroxyl groups is 1. The highest BCUT2D eigenvalue weighted by Crippen LogP contribution is 2.22. The summed E-state index contributed by atoms with van der Waals surface area (Å²) >= 11 is 0. The summed E-state index contributed by atoms with van der Waals surface area (Å²) in [5.74, 6) is -0.0782. The van der Waals surface area contributed by atoms with Gasteiger partial charge in [-0.2, -0.15) is 0 Å². The predicted octanol–water partition coefficient (Wildman–Crippen LogP) is 1.65. The quantitative estimate of drug-likeness (QED) is 0.840. The minimum atomic E-state index is -0.201. The van der Waals surface area contributed by atoms with Gasteiger partial charge >= 0.3 is 0 Å². The van der Waals surface area contributed by atoms with E-state index in [1.165, 1.54) is 23.2 Å². The van der Waals surface area contributed by atoms with Gasteiger partial charge < -0.3 is 15.7 Å². The molecule has 1 aromatic heterocycles. The summed E-state index contributed by atoms with van der Waals surface area (Å²) in [6.45, 7) is 0. The summed E-state index contributed by atoms with van der Waals surface area (Å²) in [6, 6.07) is 7.73. The lowest BCUT2D eigenvalue weighted by Crippen LogP contribution is -2.26. The number of hydrogen-bond acceptors (Lipinski definition) is 4. The van der Waals surface area contributed by atoms with E-state index >= 15 is 0 Å². The molecule has 0 aliphatic heterocycles. The highest BCUT2D eigenvalue weighted by Gasteiger charge is 2.15. The van der Waals surface area contributed by atoms with Gasteiger partial charge in [-0.05, 0) is 30.3 Å². The second kappa shape index (κ2) is 4.75. The Morgan fingerprint density at radius 2 is 1.94 bits per heavy atom. The van der Waals surface area contributed by atoms with Crippen molar-refractivity contribution in [1.29, 1.82) is 0 Å². The van der Waals surface area contributed by atoms with Crippen molar-refractivity contribution in [2.24, 2.45) is 0 Å². The number of carbonyl (C=O) groups is 1. The number of aromatic nitrogens is 1. The SMILES string of the molecule is CN(C(=O)c1ccc(O)cc1)c1ccncc1N. The fourth-order valence-electron chi connectivity index (χ4n) is 1.61. The van der Waals surface area contributed by atoms with Crippen molar-refractivity contribution in [2.45, 2.75) is 0 Å². The van der Waals surface area contributed by atoms with Gasteiger partial charge in [-0.3, -0.25) is 9.78 Å². The highest BCUT2D eigenvalue weighted by molar-refractivity contribution is 6.07. The van der Waals surface area contributed by atoms with Crippen LogP contribution in [0.15, 0.2) is 42.7 Å². The number of anilines is 2. The van der Waals surface area contributed by atoms with Crippen LogP contribution in [0.2, 0.25) is 0 Å². The van der Waals surface area contributed by atoms with Gasteiger partial charge in [-0.15, -0.1) is 0 Å². The third-order valence-electron chi connectivity index (χ3n) is 2.61. The fourth-order valence-corrected chi connectivity index (χ4v) is 1.61. The average Bonchev–Trinajstić information content (AvgIpc) is 2.38. The Balaban J connectivity index is 2.29. The smallest absolute Gasteiger partial charge is 0.258 e.